The number of nitrogens with one attached hydrogen (secondary N) is 2. The third-order valence-electron chi connectivity index (χ3n) is 4.84. The molecule has 6 nitrogen and oxygen atoms in total. The molecule has 0 spiro atoms. The molecule has 1 atom stereocenters. The summed E-state index contributed by atoms with van der Waals surface area (Å²) in [5.74, 6) is 0.630. The number of aromatic nitrogens is 2. The lowest BCUT2D eigenvalue weighted by Gasteiger charge is -2.16. The van der Waals surface area contributed by atoms with Gasteiger partial charge in [0.25, 0.3) is 0 Å². The monoisotopic (exact) mass is 551 g/mol. The number of halogens is 3. The first-order valence-electron chi connectivity index (χ1n) is 9.75. The van der Waals surface area contributed by atoms with Crippen LogP contribution in [0.15, 0.2) is 35.5 Å². The van der Waals surface area contributed by atoms with Crippen molar-refractivity contribution in [3.8, 4) is 0 Å². The molecule has 1 aliphatic carbocycles. The van der Waals surface area contributed by atoms with Crippen molar-refractivity contribution in [2.75, 3.05) is 13.1 Å². The molecule has 1 saturated carbocycles. The summed E-state index contributed by atoms with van der Waals surface area (Å²) in [4.78, 5) is 4.58. The number of rotatable bonds is 7. The van der Waals surface area contributed by atoms with Crippen molar-refractivity contribution in [1.82, 2.24) is 20.4 Å². The van der Waals surface area contributed by atoms with E-state index >= 15 is 0 Å². The summed E-state index contributed by atoms with van der Waals surface area (Å²) in [6, 6.07) is 7.61. The van der Waals surface area contributed by atoms with E-state index in [-0.39, 0.29) is 24.0 Å². The van der Waals surface area contributed by atoms with Crippen molar-refractivity contribution in [3.63, 3.8) is 0 Å². The fraction of sp³-hybridized carbons (Fsp3) is 0.500. The van der Waals surface area contributed by atoms with Crippen molar-refractivity contribution in [1.29, 1.82) is 0 Å². The van der Waals surface area contributed by atoms with Crippen molar-refractivity contribution >= 4 is 53.1 Å². The highest BCUT2D eigenvalue weighted by atomic mass is 127. The summed E-state index contributed by atoms with van der Waals surface area (Å²) in [6.45, 7) is 3.49. The van der Waals surface area contributed by atoms with Crippen LogP contribution in [-0.4, -0.2) is 33.9 Å². The van der Waals surface area contributed by atoms with Gasteiger partial charge in [-0.2, -0.15) is 5.10 Å². The van der Waals surface area contributed by atoms with E-state index in [1.807, 2.05) is 19.2 Å². The van der Waals surface area contributed by atoms with Crippen LogP contribution in [-0.2, 0) is 6.54 Å². The fourth-order valence-electron chi connectivity index (χ4n) is 3.41. The normalized spacial score (nSPS) is 15.8. The number of aliphatic hydroxyl groups is 1. The molecule has 3 N–H and O–H groups in total. The molecule has 3 rings (SSSR count). The van der Waals surface area contributed by atoms with Gasteiger partial charge in [-0.1, -0.05) is 36.0 Å². The number of benzene rings is 1. The second-order valence-corrected chi connectivity index (χ2v) is 7.89. The molecule has 0 radical (unpaired) electrons. The van der Waals surface area contributed by atoms with Gasteiger partial charge in [0.05, 0.1) is 24.4 Å². The molecule has 9 heteroatoms. The van der Waals surface area contributed by atoms with Gasteiger partial charge in [-0.25, -0.2) is 4.99 Å². The quantitative estimate of drug-likeness (QED) is 0.265. The van der Waals surface area contributed by atoms with Crippen LogP contribution in [0.4, 0.5) is 0 Å². The number of hydrogen-bond donors (Lipinski definition) is 3. The Morgan fingerprint density at radius 1 is 1.24 bits per heavy atom. The van der Waals surface area contributed by atoms with Gasteiger partial charge in [-0.3, -0.25) is 4.68 Å². The van der Waals surface area contributed by atoms with E-state index in [4.69, 9.17) is 23.2 Å². The minimum Gasteiger partial charge on any atom is -0.387 e. The average Bonchev–Trinajstić information content (AvgIpc) is 3.34. The molecule has 1 heterocycles. The molecular weight excluding hydrogens is 524 g/mol. The van der Waals surface area contributed by atoms with Gasteiger partial charge in [0.15, 0.2) is 5.96 Å². The van der Waals surface area contributed by atoms with Crippen LogP contribution in [0.5, 0.6) is 0 Å². The SMILES string of the molecule is CCNC(=NCc1ccn(C2CCCC2)n1)NCC(O)c1cc(Cl)cc(Cl)c1.I. The zero-order chi connectivity index (χ0) is 19.9. The minimum absolute atomic E-state index is 0. The molecule has 160 valence electrons. The first-order chi connectivity index (χ1) is 13.5. The van der Waals surface area contributed by atoms with Gasteiger partial charge >= 0.3 is 0 Å². The molecule has 29 heavy (non-hydrogen) atoms. The number of guanidine groups is 1. The standard InChI is InChI=1S/C20H27Cl2N5O.HI/c1-2-23-20(25-13-19(28)14-9-15(21)11-16(22)10-14)24-12-17-7-8-27(26-17)18-5-3-4-6-18;/h7-11,18-19,28H,2-6,12-13H2,1H3,(H2,23,24,25);1H. The van der Waals surface area contributed by atoms with E-state index in [1.165, 1.54) is 25.7 Å². The summed E-state index contributed by atoms with van der Waals surface area (Å²) in [6.07, 6.45) is 6.29. The number of aliphatic hydroxyl groups excluding tert-OH is 1. The lowest BCUT2D eigenvalue weighted by molar-refractivity contribution is 0.181. The maximum atomic E-state index is 10.4. The maximum absolute atomic E-state index is 10.4. The summed E-state index contributed by atoms with van der Waals surface area (Å²) in [5.41, 5.74) is 1.60. The minimum atomic E-state index is -0.748. The molecule has 1 aromatic carbocycles. The Morgan fingerprint density at radius 2 is 1.93 bits per heavy atom. The molecule has 1 aliphatic rings. The average molecular weight is 552 g/mol. The lowest BCUT2D eigenvalue weighted by Crippen LogP contribution is -2.39. The zero-order valence-corrected chi connectivity index (χ0v) is 20.3. The smallest absolute Gasteiger partial charge is 0.191 e. The Kier molecular flexibility index (Phi) is 10.0. The summed E-state index contributed by atoms with van der Waals surface area (Å²) in [5, 5.41) is 22.4. The van der Waals surface area contributed by atoms with E-state index in [0.717, 1.165) is 12.2 Å². The maximum Gasteiger partial charge on any atom is 0.191 e. The lowest BCUT2D eigenvalue weighted by atomic mass is 10.1. The number of hydrogen-bond acceptors (Lipinski definition) is 3. The highest BCUT2D eigenvalue weighted by molar-refractivity contribution is 14.0. The second kappa shape index (κ2) is 12.0. The van der Waals surface area contributed by atoms with E-state index in [9.17, 15) is 5.11 Å². The largest absolute Gasteiger partial charge is 0.387 e. The molecule has 2 aromatic rings. The first-order valence-corrected chi connectivity index (χ1v) is 10.5. The molecule has 0 bridgehead atoms. The van der Waals surface area contributed by atoms with Gasteiger partial charge < -0.3 is 15.7 Å². The third-order valence-corrected chi connectivity index (χ3v) is 5.27. The van der Waals surface area contributed by atoms with Crippen molar-refractivity contribution in [2.24, 2.45) is 4.99 Å². The zero-order valence-electron chi connectivity index (χ0n) is 16.4. The molecule has 0 aliphatic heterocycles. The second-order valence-electron chi connectivity index (χ2n) is 7.02. The van der Waals surface area contributed by atoms with Gasteiger partial charge in [0.1, 0.15) is 0 Å². The van der Waals surface area contributed by atoms with Crippen LogP contribution in [0.2, 0.25) is 10.0 Å². The molecule has 0 amide bonds. The van der Waals surface area contributed by atoms with Gasteiger partial charge in [-0.05, 0) is 49.6 Å². The van der Waals surface area contributed by atoms with Crippen molar-refractivity contribution in [3.05, 3.63) is 51.8 Å². The molecule has 1 unspecified atom stereocenters. The van der Waals surface area contributed by atoms with Crippen molar-refractivity contribution < 1.29 is 5.11 Å². The van der Waals surface area contributed by atoms with Crippen LogP contribution in [0.1, 0.15) is 56.0 Å². The first kappa shape index (κ1) is 24.2. The van der Waals surface area contributed by atoms with Crippen LogP contribution >= 0.6 is 47.2 Å². The molecular formula is C20H28Cl2IN5O. The van der Waals surface area contributed by atoms with Crippen LogP contribution < -0.4 is 10.6 Å². The Bertz CT molecular complexity index is 788. The van der Waals surface area contributed by atoms with Crippen LogP contribution in [0, 0.1) is 0 Å². The van der Waals surface area contributed by atoms with Crippen LogP contribution in [0.25, 0.3) is 0 Å². The number of aliphatic imine (C=N–C) groups is 1. The molecule has 1 fully saturated rings. The summed E-state index contributed by atoms with van der Waals surface area (Å²) in [7, 11) is 0. The summed E-state index contributed by atoms with van der Waals surface area (Å²) < 4.78 is 2.07. The fourth-order valence-corrected chi connectivity index (χ4v) is 3.96. The topological polar surface area (TPSA) is 74.5 Å². The summed E-state index contributed by atoms with van der Waals surface area (Å²) >= 11 is 12.0. The predicted octanol–water partition coefficient (Wildman–Crippen LogP) is 4.71. The Hall–Kier alpha value is -1.03. The molecule has 1 aromatic heterocycles. The highest BCUT2D eigenvalue weighted by Gasteiger charge is 2.17. The Balaban J connectivity index is 0.00000300. The van der Waals surface area contributed by atoms with Gasteiger partial charge in [-0.15, -0.1) is 24.0 Å². The van der Waals surface area contributed by atoms with E-state index in [1.54, 1.807) is 18.2 Å². The third kappa shape index (κ3) is 7.31. The van der Waals surface area contributed by atoms with Crippen molar-refractivity contribution in [2.45, 2.75) is 51.3 Å². The van der Waals surface area contributed by atoms with E-state index in [2.05, 4.69) is 25.4 Å². The van der Waals surface area contributed by atoms with Crippen LogP contribution in [0.3, 0.4) is 0 Å². The number of nitrogens with zero attached hydrogens (tertiary/aromatic N) is 3. The van der Waals surface area contributed by atoms with Gasteiger partial charge in [0.2, 0.25) is 0 Å². The predicted molar refractivity (Wildman–Crippen MR) is 129 cm³/mol. The highest BCUT2D eigenvalue weighted by Crippen LogP contribution is 2.28. The Morgan fingerprint density at radius 3 is 2.59 bits per heavy atom. The van der Waals surface area contributed by atoms with E-state index in [0.29, 0.717) is 40.7 Å². The van der Waals surface area contributed by atoms with E-state index < -0.39 is 6.10 Å². The Labute approximate surface area is 199 Å². The molecule has 0 saturated heterocycles. The van der Waals surface area contributed by atoms with Gasteiger partial charge in [0, 0.05) is 29.3 Å².